The van der Waals surface area contributed by atoms with Crippen molar-refractivity contribution in [3.05, 3.63) is 58.7 Å². The van der Waals surface area contributed by atoms with Crippen LogP contribution in [0, 0.1) is 20.8 Å². The average molecular weight is 269 g/mol. The number of rotatable bonds is 3. The van der Waals surface area contributed by atoms with Crippen molar-refractivity contribution in [2.45, 2.75) is 20.8 Å². The van der Waals surface area contributed by atoms with Gasteiger partial charge in [0.1, 0.15) is 5.75 Å². The molecule has 0 fully saturated rings. The Bertz CT molecular complexity index is 647. The molecule has 1 amide bonds. The Hall–Kier alpha value is -2.29. The molecule has 0 aromatic heterocycles. The highest BCUT2D eigenvalue weighted by molar-refractivity contribution is 6.05. The number of aryl methyl sites for hydroxylation is 3. The molecule has 1 N–H and O–H groups in total. The molecule has 0 aliphatic carbocycles. The number of carbonyl (C=O) groups excluding carboxylic acids is 1. The summed E-state index contributed by atoms with van der Waals surface area (Å²) in [5.74, 6) is 0.593. The third-order valence-corrected chi connectivity index (χ3v) is 3.31. The highest BCUT2D eigenvalue weighted by Crippen LogP contribution is 2.21. The van der Waals surface area contributed by atoms with Crippen molar-refractivity contribution in [1.29, 1.82) is 0 Å². The number of amides is 1. The smallest absolute Gasteiger partial charge is 0.255 e. The van der Waals surface area contributed by atoms with Crippen molar-refractivity contribution in [2.75, 3.05) is 12.4 Å². The van der Waals surface area contributed by atoms with Crippen LogP contribution in [-0.4, -0.2) is 13.0 Å². The molecule has 0 atom stereocenters. The maximum atomic E-state index is 12.3. The van der Waals surface area contributed by atoms with Crippen molar-refractivity contribution in [1.82, 2.24) is 0 Å². The number of nitrogens with one attached hydrogen (secondary N) is 1. The molecule has 0 bridgehead atoms. The molecule has 3 heteroatoms. The molecular weight excluding hydrogens is 250 g/mol. The van der Waals surface area contributed by atoms with Crippen LogP contribution in [0.5, 0.6) is 5.75 Å². The summed E-state index contributed by atoms with van der Waals surface area (Å²) >= 11 is 0. The lowest BCUT2D eigenvalue weighted by molar-refractivity contribution is 0.102. The minimum atomic E-state index is -0.128. The molecule has 0 aliphatic heterocycles. The summed E-state index contributed by atoms with van der Waals surface area (Å²) in [7, 11) is 1.61. The van der Waals surface area contributed by atoms with Gasteiger partial charge in [0.25, 0.3) is 5.91 Å². The normalized spacial score (nSPS) is 10.2. The minimum Gasteiger partial charge on any atom is -0.496 e. The molecule has 0 spiro atoms. The van der Waals surface area contributed by atoms with Gasteiger partial charge >= 0.3 is 0 Å². The van der Waals surface area contributed by atoms with Gasteiger partial charge in [0, 0.05) is 11.3 Å². The van der Waals surface area contributed by atoms with Crippen LogP contribution in [-0.2, 0) is 0 Å². The van der Waals surface area contributed by atoms with Gasteiger partial charge in [-0.25, -0.2) is 0 Å². The fourth-order valence-electron chi connectivity index (χ4n) is 2.03. The Labute approximate surface area is 119 Å². The lowest BCUT2D eigenvalue weighted by Gasteiger charge is -2.11. The van der Waals surface area contributed by atoms with E-state index in [-0.39, 0.29) is 5.91 Å². The molecule has 3 nitrogen and oxygen atoms in total. The Morgan fingerprint density at radius 2 is 1.70 bits per heavy atom. The molecule has 0 radical (unpaired) electrons. The highest BCUT2D eigenvalue weighted by atomic mass is 16.5. The fourth-order valence-corrected chi connectivity index (χ4v) is 2.03. The van der Waals surface area contributed by atoms with E-state index in [1.54, 1.807) is 19.2 Å². The number of hydrogen-bond donors (Lipinski definition) is 1. The zero-order chi connectivity index (χ0) is 14.7. The first-order valence-corrected chi connectivity index (χ1v) is 6.54. The molecular formula is C17H19NO2. The van der Waals surface area contributed by atoms with Crippen molar-refractivity contribution in [3.8, 4) is 5.75 Å². The van der Waals surface area contributed by atoms with Gasteiger partial charge in [-0.3, -0.25) is 4.79 Å². The van der Waals surface area contributed by atoms with E-state index in [1.165, 1.54) is 0 Å². The van der Waals surface area contributed by atoms with E-state index in [2.05, 4.69) is 5.32 Å². The quantitative estimate of drug-likeness (QED) is 0.918. The first kappa shape index (κ1) is 14.1. The molecule has 0 unspecified atom stereocenters. The molecule has 2 aromatic carbocycles. The largest absolute Gasteiger partial charge is 0.496 e. The monoisotopic (exact) mass is 269 g/mol. The first-order chi connectivity index (χ1) is 9.51. The second-order valence-electron chi connectivity index (χ2n) is 4.96. The van der Waals surface area contributed by atoms with Gasteiger partial charge in [-0.05, 0) is 55.7 Å². The predicted molar refractivity (Wildman–Crippen MR) is 81.6 cm³/mol. The average Bonchev–Trinajstić information content (AvgIpc) is 2.43. The fraction of sp³-hybridized carbons (Fsp3) is 0.235. The Morgan fingerprint density at radius 1 is 1.00 bits per heavy atom. The number of ether oxygens (including phenoxy) is 1. The van der Waals surface area contributed by atoms with Crippen molar-refractivity contribution < 1.29 is 9.53 Å². The van der Waals surface area contributed by atoms with Crippen LogP contribution >= 0.6 is 0 Å². The van der Waals surface area contributed by atoms with Gasteiger partial charge < -0.3 is 10.1 Å². The Kier molecular flexibility index (Phi) is 4.08. The van der Waals surface area contributed by atoms with Crippen LogP contribution < -0.4 is 10.1 Å². The number of methoxy groups -OCH3 is 1. The van der Waals surface area contributed by atoms with Crippen LogP contribution in [0.25, 0.3) is 0 Å². The van der Waals surface area contributed by atoms with Crippen molar-refractivity contribution >= 4 is 11.6 Å². The van der Waals surface area contributed by atoms with Crippen molar-refractivity contribution in [3.63, 3.8) is 0 Å². The predicted octanol–water partition coefficient (Wildman–Crippen LogP) is 3.87. The van der Waals surface area contributed by atoms with E-state index in [9.17, 15) is 4.79 Å². The lowest BCUT2D eigenvalue weighted by Crippen LogP contribution is -2.13. The maximum Gasteiger partial charge on any atom is 0.255 e. The molecule has 104 valence electrons. The van der Waals surface area contributed by atoms with Crippen LogP contribution in [0.4, 0.5) is 5.69 Å². The SMILES string of the molecule is COc1cc(C(=O)Nc2cc(C)ccc2C)ccc1C. The lowest BCUT2D eigenvalue weighted by atomic mass is 10.1. The van der Waals surface area contributed by atoms with Gasteiger partial charge in [0.2, 0.25) is 0 Å². The molecule has 20 heavy (non-hydrogen) atoms. The summed E-state index contributed by atoms with van der Waals surface area (Å²) in [5, 5.41) is 2.94. The second-order valence-corrected chi connectivity index (χ2v) is 4.96. The molecule has 0 aliphatic rings. The number of hydrogen-bond acceptors (Lipinski definition) is 2. The topological polar surface area (TPSA) is 38.3 Å². The van der Waals surface area contributed by atoms with E-state index in [4.69, 9.17) is 4.74 Å². The molecule has 0 heterocycles. The van der Waals surface area contributed by atoms with E-state index in [1.807, 2.05) is 45.0 Å². The second kappa shape index (κ2) is 5.78. The third kappa shape index (κ3) is 2.99. The summed E-state index contributed by atoms with van der Waals surface area (Å²) in [6, 6.07) is 11.4. The van der Waals surface area contributed by atoms with E-state index in [0.29, 0.717) is 5.56 Å². The standard InChI is InChI=1S/C17H19NO2/c1-11-5-6-12(2)15(9-11)18-17(19)14-8-7-13(3)16(10-14)20-4/h5-10H,1-4H3,(H,18,19). The van der Waals surface area contributed by atoms with Crippen molar-refractivity contribution in [2.24, 2.45) is 0 Å². The van der Waals surface area contributed by atoms with Gasteiger partial charge in [-0.2, -0.15) is 0 Å². The van der Waals surface area contributed by atoms with Gasteiger partial charge in [0.15, 0.2) is 0 Å². The molecule has 2 aromatic rings. The summed E-state index contributed by atoms with van der Waals surface area (Å²) in [5.41, 5.74) is 4.61. The van der Waals surface area contributed by atoms with E-state index >= 15 is 0 Å². The summed E-state index contributed by atoms with van der Waals surface area (Å²) in [6.45, 7) is 5.93. The maximum absolute atomic E-state index is 12.3. The Balaban J connectivity index is 2.26. The van der Waals surface area contributed by atoms with Crippen LogP contribution in [0.3, 0.4) is 0 Å². The summed E-state index contributed by atoms with van der Waals surface area (Å²) in [4.78, 5) is 12.3. The zero-order valence-corrected chi connectivity index (χ0v) is 12.3. The number of anilines is 1. The van der Waals surface area contributed by atoms with Gasteiger partial charge in [-0.1, -0.05) is 18.2 Å². The summed E-state index contributed by atoms with van der Waals surface area (Å²) < 4.78 is 5.25. The number of benzene rings is 2. The van der Waals surface area contributed by atoms with Crippen LogP contribution in [0.15, 0.2) is 36.4 Å². The summed E-state index contributed by atoms with van der Waals surface area (Å²) in [6.07, 6.45) is 0. The van der Waals surface area contributed by atoms with Crippen LogP contribution in [0.1, 0.15) is 27.0 Å². The molecule has 2 rings (SSSR count). The van der Waals surface area contributed by atoms with Crippen LogP contribution in [0.2, 0.25) is 0 Å². The molecule has 0 saturated carbocycles. The zero-order valence-electron chi connectivity index (χ0n) is 12.3. The molecule has 0 saturated heterocycles. The van der Waals surface area contributed by atoms with E-state index < -0.39 is 0 Å². The van der Waals surface area contributed by atoms with Gasteiger partial charge in [0.05, 0.1) is 7.11 Å². The first-order valence-electron chi connectivity index (χ1n) is 6.54. The Morgan fingerprint density at radius 3 is 2.40 bits per heavy atom. The van der Waals surface area contributed by atoms with Gasteiger partial charge in [-0.15, -0.1) is 0 Å². The minimum absolute atomic E-state index is 0.128. The van der Waals surface area contributed by atoms with E-state index in [0.717, 1.165) is 28.1 Å². The number of carbonyl (C=O) groups is 1. The third-order valence-electron chi connectivity index (χ3n) is 3.31. The highest BCUT2D eigenvalue weighted by Gasteiger charge is 2.10.